The third kappa shape index (κ3) is 4.76. The van der Waals surface area contributed by atoms with Crippen LogP contribution in [0.2, 0.25) is 0 Å². The average molecular weight is 387 g/mol. The van der Waals surface area contributed by atoms with Crippen LogP contribution in [-0.4, -0.2) is 32.2 Å². The summed E-state index contributed by atoms with van der Waals surface area (Å²) in [4.78, 5) is 20.8. The minimum absolute atomic E-state index is 0.112. The molecule has 146 valence electrons. The second-order valence-electron chi connectivity index (χ2n) is 6.81. The highest BCUT2D eigenvalue weighted by Crippen LogP contribution is 2.19. The number of nitrogens with zero attached hydrogens (tertiary/aromatic N) is 4. The van der Waals surface area contributed by atoms with Crippen molar-refractivity contribution in [2.75, 3.05) is 6.54 Å². The number of nitrogens with one attached hydrogen (secondary N) is 1. The first kappa shape index (κ1) is 18.6. The van der Waals surface area contributed by atoms with Crippen molar-refractivity contribution < 1.29 is 9.21 Å². The summed E-state index contributed by atoms with van der Waals surface area (Å²) in [6, 6.07) is 15.5. The van der Waals surface area contributed by atoms with E-state index in [0.29, 0.717) is 31.0 Å². The molecular formula is C22H21N5O2. The first-order chi connectivity index (χ1) is 14.2. The van der Waals surface area contributed by atoms with Gasteiger partial charge in [0.05, 0.1) is 12.2 Å². The second kappa shape index (κ2) is 8.52. The van der Waals surface area contributed by atoms with Crippen molar-refractivity contribution in [3.63, 3.8) is 0 Å². The quantitative estimate of drug-likeness (QED) is 0.526. The third-order valence-corrected chi connectivity index (χ3v) is 4.54. The minimum atomic E-state index is -0.112. The summed E-state index contributed by atoms with van der Waals surface area (Å²) in [6.45, 7) is 3.15. The van der Waals surface area contributed by atoms with Crippen LogP contribution in [0.5, 0.6) is 0 Å². The molecular weight excluding hydrogens is 366 g/mol. The van der Waals surface area contributed by atoms with Crippen LogP contribution < -0.4 is 5.32 Å². The summed E-state index contributed by atoms with van der Waals surface area (Å²) >= 11 is 0. The highest BCUT2D eigenvalue weighted by Gasteiger charge is 2.09. The zero-order valence-corrected chi connectivity index (χ0v) is 16.1. The lowest BCUT2D eigenvalue weighted by molar-refractivity contribution is 0.0954. The van der Waals surface area contributed by atoms with Gasteiger partial charge in [-0.1, -0.05) is 29.8 Å². The lowest BCUT2D eigenvalue weighted by Crippen LogP contribution is -2.25. The molecule has 29 heavy (non-hydrogen) atoms. The molecule has 1 amide bonds. The van der Waals surface area contributed by atoms with E-state index in [-0.39, 0.29) is 5.91 Å². The number of hydrogen-bond acceptors (Lipinski definition) is 5. The summed E-state index contributed by atoms with van der Waals surface area (Å²) in [5.74, 6) is 0.480. The lowest BCUT2D eigenvalue weighted by Gasteiger charge is -2.06. The zero-order valence-electron chi connectivity index (χ0n) is 16.1. The van der Waals surface area contributed by atoms with Crippen LogP contribution in [0.25, 0.3) is 11.5 Å². The summed E-state index contributed by atoms with van der Waals surface area (Å²) in [5, 5.41) is 7.00. The van der Waals surface area contributed by atoms with E-state index < -0.39 is 0 Å². The van der Waals surface area contributed by atoms with Gasteiger partial charge in [0.1, 0.15) is 18.9 Å². The Labute approximate surface area is 168 Å². The number of benzene rings is 2. The molecule has 0 atom stereocenters. The van der Waals surface area contributed by atoms with Gasteiger partial charge in [0, 0.05) is 24.1 Å². The molecule has 7 heteroatoms. The van der Waals surface area contributed by atoms with E-state index in [2.05, 4.69) is 20.4 Å². The minimum Gasteiger partial charge on any atom is -0.444 e. The van der Waals surface area contributed by atoms with Gasteiger partial charge in [0.2, 0.25) is 5.89 Å². The van der Waals surface area contributed by atoms with E-state index in [9.17, 15) is 4.79 Å². The largest absolute Gasteiger partial charge is 0.444 e. The van der Waals surface area contributed by atoms with E-state index in [1.54, 1.807) is 17.3 Å². The van der Waals surface area contributed by atoms with Crippen LogP contribution in [0.3, 0.4) is 0 Å². The molecule has 0 saturated carbocycles. The first-order valence-electron chi connectivity index (χ1n) is 9.38. The van der Waals surface area contributed by atoms with E-state index >= 15 is 0 Å². The lowest BCUT2D eigenvalue weighted by atomic mass is 10.1. The number of amides is 1. The van der Waals surface area contributed by atoms with Crippen molar-refractivity contribution in [3.8, 4) is 11.5 Å². The second-order valence-corrected chi connectivity index (χ2v) is 6.81. The zero-order chi connectivity index (χ0) is 20.1. The Morgan fingerprint density at radius 1 is 1.10 bits per heavy atom. The fourth-order valence-electron chi connectivity index (χ4n) is 2.92. The van der Waals surface area contributed by atoms with Gasteiger partial charge in [-0.05, 0) is 36.8 Å². The van der Waals surface area contributed by atoms with E-state index in [0.717, 1.165) is 16.8 Å². The van der Waals surface area contributed by atoms with Crippen molar-refractivity contribution in [3.05, 3.63) is 89.8 Å². The van der Waals surface area contributed by atoms with Gasteiger partial charge in [0.25, 0.3) is 5.91 Å². The van der Waals surface area contributed by atoms with Crippen LogP contribution in [0, 0.1) is 6.92 Å². The summed E-state index contributed by atoms with van der Waals surface area (Å²) in [5.41, 5.74) is 4.61. The van der Waals surface area contributed by atoms with Gasteiger partial charge >= 0.3 is 0 Å². The maximum absolute atomic E-state index is 12.3. The molecule has 0 fully saturated rings. The van der Waals surface area contributed by atoms with Gasteiger partial charge in [-0.3, -0.25) is 4.79 Å². The number of rotatable bonds is 7. The topological polar surface area (TPSA) is 85.8 Å². The molecule has 0 saturated heterocycles. The summed E-state index contributed by atoms with van der Waals surface area (Å²) < 4.78 is 7.29. The van der Waals surface area contributed by atoms with Crippen LogP contribution in [0.4, 0.5) is 0 Å². The fraction of sp³-hybridized carbons (Fsp3) is 0.182. The molecule has 0 radical (unpaired) electrons. The van der Waals surface area contributed by atoms with Gasteiger partial charge in [0.15, 0.2) is 0 Å². The average Bonchev–Trinajstić information content (AvgIpc) is 3.41. The molecule has 2 heterocycles. The van der Waals surface area contributed by atoms with Crippen LogP contribution >= 0.6 is 0 Å². The monoisotopic (exact) mass is 387 g/mol. The third-order valence-electron chi connectivity index (χ3n) is 4.54. The smallest absolute Gasteiger partial charge is 0.251 e. The maximum atomic E-state index is 12.3. The normalized spacial score (nSPS) is 10.8. The van der Waals surface area contributed by atoms with E-state index in [1.165, 1.54) is 11.9 Å². The highest BCUT2D eigenvalue weighted by molar-refractivity contribution is 5.94. The molecule has 2 aromatic carbocycles. The van der Waals surface area contributed by atoms with Crippen LogP contribution in [0.1, 0.15) is 27.2 Å². The molecule has 4 rings (SSSR count). The number of aryl methyl sites for hydroxylation is 1. The number of carbonyl (C=O) groups is 1. The summed E-state index contributed by atoms with van der Waals surface area (Å²) in [7, 11) is 0. The van der Waals surface area contributed by atoms with Gasteiger partial charge < -0.3 is 9.73 Å². The Morgan fingerprint density at radius 2 is 1.90 bits per heavy atom. The van der Waals surface area contributed by atoms with Gasteiger partial charge in [-0.25, -0.2) is 14.6 Å². The van der Waals surface area contributed by atoms with Gasteiger partial charge in [-0.15, -0.1) is 0 Å². The molecule has 0 spiro atoms. The molecule has 4 aromatic rings. The van der Waals surface area contributed by atoms with Gasteiger partial charge in [-0.2, -0.15) is 5.10 Å². The molecule has 0 bridgehead atoms. The number of aromatic nitrogens is 4. The van der Waals surface area contributed by atoms with Crippen molar-refractivity contribution in [2.24, 2.45) is 0 Å². The maximum Gasteiger partial charge on any atom is 0.251 e. The summed E-state index contributed by atoms with van der Waals surface area (Å²) in [6.07, 6.45) is 5.40. The Balaban J connectivity index is 1.28. The molecule has 2 aromatic heterocycles. The van der Waals surface area contributed by atoms with Crippen molar-refractivity contribution >= 4 is 5.91 Å². The number of hydrogen-bond donors (Lipinski definition) is 1. The Hall–Kier alpha value is -3.74. The molecule has 1 N–H and O–H groups in total. The van der Waals surface area contributed by atoms with E-state index in [1.807, 2.05) is 55.5 Å². The predicted molar refractivity (Wildman–Crippen MR) is 108 cm³/mol. The number of oxazole rings is 1. The van der Waals surface area contributed by atoms with Crippen molar-refractivity contribution in [2.45, 2.75) is 19.9 Å². The predicted octanol–water partition coefficient (Wildman–Crippen LogP) is 3.26. The van der Waals surface area contributed by atoms with Crippen LogP contribution in [0.15, 0.2) is 71.9 Å². The Kier molecular flexibility index (Phi) is 5.47. The Bertz CT molecular complexity index is 1070. The molecule has 0 aliphatic rings. The Morgan fingerprint density at radius 3 is 2.62 bits per heavy atom. The molecule has 0 aliphatic carbocycles. The van der Waals surface area contributed by atoms with E-state index in [4.69, 9.17) is 4.42 Å². The van der Waals surface area contributed by atoms with Crippen LogP contribution in [-0.2, 0) is 13.0 Å². The highest BCUT2D eigenvalue weighted by atomic mass is 16.3. The first-order valence-corrected chi connectivity index (χ1v) is 9.38. The molecule has 0 unspecified atom stereocenters. The van der Waals surface area contributed by atoms with Crippen molar-refractivity contribution in [1.29, 1.82) is 0 Å². The molecule has 7 nitrogen and oxygen atoms in total. The SMILES string of the molecule is Cc1ccc(-c2nc(CCNC(=O)c3ccc(Cn4cncn4)cc3)co2)cc1. The molecule has 0 aliphatic heterocycles. The van der Waals surface area contributed by atoms with Crippen molar-refractivity contribution in [1.82, 2.24) is 25.1 Å². The fourth-order valence-corrected chi connectivity index (χ4v) is 2.92. The number of carbonyl (C=O) groups excluding carboxylic acids is 1. The standard InChI is InChI=1S/C22H21N5O2/c1-16-2-6-19(7-3-16)22-26-20(13-29-22)10-11-24-21(28)18-8-4-17(5-9-18)12-27-15-23-14-25-27/h2-9,13-15H,10-12H2,1H3,(H,24,28).